The molecule has 3 atom stereocenters. The van der Waals surface area contributed by atoms with Gasteiger partial charge in [-0.2, -0.15) is 4.98 Å². The maximum atomic E-state index is 12.1. The third-order valence-electron chi connectivity index (χ3n) is 5.03. The van der Waals surface area contributed by atoms with E-state index in [4.69, 9.17) is 9.26 Å². The van der Waals surface area contributed by atoms with Gasteiger partial charge in [0.25, 0.3) is 0 Å². The average molecular weight is 327 g/mol. The van der Waals surface area contributed by atoms with Crippen LogP contribution in [0.25, 0.3) is 11.4 Å². The highest BCUT2D eigenvalue weighted by Gasteiger charge is 2.45. The summed E-state index contributed by atoms with van der Waals surface area (Å²) in [7, 11) is 0. The summed E-state index contributed by atoms with van der Waals surface area (Å²) in [6, 6.07) is 8.18. The first-order valence-electron chi connectivity index (χ1n) is 8.50. The maximum absolute atomic E-state index is 12.1. The van der Waals surface area contributed by atoms with Crippen molar-refractivity contribution in [1.82, 2.24) is 15.5 Å². The molecular weight excluding hydrogens is 306 g/mol. The number of carbonyl (C=O) groups is 1. The Morgan fingerprint density at radius 3 is 3.08 bits per heavy atom. The minimum Gasteiger partial charge on any atom is -0.378 e. The molecule has 1 aliphatic carbocycles. The second kappa shape index (κ2) is 6.36. The van der Waals surface area contributed by atoms with Gasteiger partial charge in [-0.05, 0) is 25.3 Å². The molecule has 24 heavy (non-hydrogen) atoms. The predicted octanol–water partition coefficient (Wildman–Crippen LogP) is 2.27. The third kappa shape index (κ3) is 2.94. The average Bonchev–Trinajstić information content (AvgIpc) is 3.18. The fourth-order valence-corrected chi connectivity index (χ4v) is 3.55. The van der Waals surface area contributed by atoms with Crippen LogP contribution in [-0.4, -0.2) is 34.8 Å². The normalized spacial score (nSPS) is 25.1. The molecule has 1 saturated heterocycles. The second-order valence-electron chi connectivity index (χ2n) is 6.60. The molecule has 0 bridgehead atoms. The van der Waals surface area contributed by atoms with Crippen LogP contribution in [0.1, 0.15) is 30.7 Å². The molecule has 2 aromatic rings. The van der Waals surface area contributed by atoms with Gasteiger partial charge in [-0.25, -0.2) is 0 Å². The Kier molecular flexibility index (Phi) is 4.06. The van der Waals surface area contributed by atoms with Gasteiger partial charge in [0.1, 0.15) is 0 Å². The molecule has 6 heteroatoms. The lowest BCUT2D eigenvalue weighted by molar-refractivity contribution is -0.124. The SMILES string of the molecule is Cc1ccccc1-c1noc(CCC(=O)N[C@H]2C[C@@H]3OCC[C@H]23)n1. The van der Waals surface area contributed by atoms with Crippen LogP contribution in [0.15, 0.2) is 28.8 Å². The topological polar surface area (TPSA) is 77.2 Å². The van der Waals surface area contributed by atoms with Gasteiger partial charge < -0.3 is 14.6 Å². The zero-order chi connectivity index (χ0) is 16.5. The van der Waals surface area contributed by atoms with Gasteiger partial charge >= 0.3 is 0 Å². The molecule has 1 N–H and O–H groups in total. The minimum atomic E-state index is 0.0426. The van der Waals surface area contributed by atoms with Crippen molar-refractivity contribution in [3.63, 3.8) is 0 Å². The van der Waals surface area contributed by atoms with Gasteiger partial charge in [0.05, 0.1) is 6.10 Å². The summed E-state index contributed by atoms with van der Waals surface area (Å²) in [5, 5.41) is 7.12. The number of carbonyl (C=O) groups excluding carboxylic acids is 1. The highest BCUT2D eigenvalue weighted by atomic mass is 16.5. The molecule has 1 aliphatic heterocycles. The quantitative estimate of drug-likeness (QED) is 0.911. The molecule has 126 valence electrons. The highest BCUT2D eigenvalue weighted by molar-refractivity contribution is 5.76. The van der Waals surface area contributed by atoms with Gasteiger partial charge in [-0.3, -0.25) is 4.79 Å². The zero-order valence-electron chi connectivity index (χ0n) is 13.7. The molecule has 2 aliphatic rings. The lowest BCUT2D eigenvalue weighted by atomic mass is 9.76. The summed E-state index contributed by atoms with van der Waals surface area (Å²) in [5.41, 5.74) is 2.06. The Hall–Kier alpha value is -2.21. The lowest BCUT2D eigenvalue weighted by Crippen LogP contribution is -2.53. The number of hydrogen-bond donors (Lipinski definition) is 1. The van der Waals surface area contributed by atoms with E-state index in [2.05, 4.69) is 15.5 Å². The van der Waals surface area contributed by atoms with Crippen molar-refractivity contribution in [2.24, 2.45) is 5.92 Å². The molecular formula is C18H21N3O3. The van der Waals surface area contributed by atoms with Gasteiger partial charge in [0.15, 0.2) is 0 Å². The summed E-state index contributed by atoms with van der Waals surface area (Å²) >= 11 is 0. The molecule has 2 fully saturated rings. The third-order valence-corrected chi connectivity index (χ3v) is 5.03. The predicted molar refractivity (Wildman–Crippen MR) is 87.2 cm³/mol. The number of fused-ring (bicyclic) bond motifs is 1. The van der Waals surface area contributed by atoms with E-state index in [1.54, 1.807) is 0 Å². The number of ether oxygens (including phenoxy) is 1. The smallest absolute Gasteiger partial charge is 0.227 e. The second-order valence-corrected chi connectivity index (χ2v) is 6.60. The summed E-state index contributed by atoms with van der Waals surface area (Å²) in [4.78, 5) is 16.5. The van der Waals surface area contributed by atoms with Crippen molar-refractivity contribution in [3.05, 3.63) is 35.7 Å². The number of aromatic nitrogens is 2. The van der Waals surface area contributed by atoms with Crippen molar-refractivity contribution >= 4 is 5.91 Å². The van der Waals surface area contributed by atoms with E-state index in [1.165, 1.54) is 0 Å². The van der Waals surface area contributed by atoms with Crippen LogP contribution >= 0.6 is 0 Å². The van der Waals surface area contributed by atoms with E-state index in [0.717, 1.165) is 30.6 Å². The van der Waals surface area contributed by atoms with Crippen LogP contribution < -0.4 is 5.32 Å². The van der Waals surface area contributed by atoms with E-state index in [1.807, 2.05) is 31.2 Å². The minimum absolute atomic E-state index is 0.0426. The van der Waals surface area contributed by atoms with E-state index in [0.29, 0.717) is 36.6 Å². The molecule has 0 unspecified atom stereocenters. The fraction of sp³-hybridized carbons (Fsp3) is 0.500. The number of amides is 1. The van der Waals surface area contributed by atoms with Crippen LogP contribution in [0.4, 0.5) is 0 Å². The summed E-state index contributed by atoms with van der Waals surface area (Å²) < 4.78 is 10.8. The van der Waals surface area contributed by atoms with E-state index < -0.39 is 0 Å². The Balaban J connectivity index is 1.30. The van der Waals surface area contributed by atoms with Gasteiger partial charge in [0.2, 0.25) is 17.6 Å². The Morgan fingerprint density at radius 2 is 2.25 bits per heavy atom. The van der Waals surface area contributed by atoms with Gasteiger partial charge in [0, 0.05) is 37.0 Å². The summed E-state index contributed by atoms with van der Waals surface area (Å²) in [6.07, 6.45) is 3.18. The van der Waals surface area contributed by atoms with Crippen molar-refractivity contribution < 1.29 is 14.1 Å². The Bertz CT molecular complexity index is 743. The number of nitrogens with one attached hydrogen (secondary N) is 1. The summed E-state index contributed by atoms with van der Waals surface area (Å²) in [6.45, 7) is 2.84. The van der Waals surface area contributed by atoms with Crippen molar-refractivity contribution in [2.45, 2.75) is 44.8 Å². The Morgan fingerprint density at radius 1 is 1.38 bits per heavy atom. The van der Waals surface area contributed by atoms with E-state index in [9.17, 15) is 4.79 Å². The monoisotopic (exact) mass is 327 g/mol. The first-order chi connectivity index (χ1) is 11.7. The molecule has 1 aromatic heterocycles. The molecule has 2 heterocycles. The lowest BCUT2D eigenvalue weighted by Gasteiger charge is -2.39. The molecule has 0 spiro atoms. The number of benzene rings is 1. The van der Waals surface area contributed by atoms with Crippen LogP contribution in [-0.2, 0) is 16.0 Å². The van der Waals surface area contributed by atoms with E-state index >= 15 is 0 Å². The largest absolute Gasteiger partial charge is 0.378 e. The molecule has 0 radical (unpaired) electrons. The molecule has 6 nitrogen and oxygen atoms in total. The Labute approximate surface area is 140 Å². The van der Waals surface area contributed by atoms with Crippen LogP contribution in [0, 0.1) is 12.8 Å². The van der Waals surface area contributed by atoms with Crippen molar-refractivity contribution in [2.75, 3.05) is 6.61 Å². The molecule has 4 rings (SSSR count). The number of rotatable bonds is 5. The molecule has 1 saturated carbocycles. The zero-order valence-corrected chi connectivity index (χ0v) is 13.7. The maximum Gasteiger partial charge on any atom is 0.227 e. The number of aryl methyl sites for hydroxylation is 2. The number of nitrogens with zero attached hydrogens (tertiary/aromatic N) is 2. The van der Waals surface area contributed by atoms with Gasteiger partial charge in [-0.15, -0.1) is 0 Å². The van der Waals surface area contributed by atoms with Crippen LogP contribution in [0.3, 0.4) is 0 Å². The van der Waals surface area contributed by atoms with Gasteiger partial charge in [-0.1, -0.05) is 29.4 Å². The fourth-order valence-electron chi connectivity index (χ4n) is 3.55. The van der Waals surface area contributed by atoms with Crippen LogP contribution in [0.5, 0.6) is 0 Å². The molecule has 1 amide bonds. The molecule has 1 aromatic carbocycles. The van der Waals surface area contributed by atoms with E-state index in [-0.39, 0.29) is 11.9 Å². The first kappa shape index (κ1) is 15.3. The van der Waals surface area contributed by atoms with Crippen molar-refractivity contribution in [3.8, 4) is 11.4 Å². The number of hydrogen-bond acceptors (Lipinski definition) is 5. The van der Waals surface area contributed by atoms with Crippen LogP contribution in [0.2, 0.25) is 0 Å². The first-order valence-corrected chi connectivity index (χ1v) is 8.50. The standard InChI is InChI=1S/C18H21N3O3/c1-11-4-2-3-5-12(11)18-20-17(24-21-18)7-6-16(22)19-14-10-15-13(14)8-9-23-15/h2-5,13-15H,6-10H2,1H3,(H,19,22)/t13-,14+,15+/m1/s1. The van der Waals surface area contributed by atoms with Crippen molar-refractivity contribution in [1.29, 1.82) is 0 Å². The summed E-state index contributed by atoms with van der Waals surface area (Å²) in [5.74, 6) is 1.62. The highest BCUT2D eigenvalue weighted by Crippen LogP contribution is 2.38.